The van der Waals surface area contributed by atoms with E-state index in [9.17, 15) is 19.7 Å². The Morgan fingerprint density at radius 2 is 1.38 bits per heavy atom. The maximum absolute atomic E-state index is 12.8. The average Bonchev–Trinajstić information content (AvgIpc) is 2.84. The van der Waals surface area contributed by atoms with Crippen LogP contribution in [0.2, 0.25) is 0 Å². The van der Waals surface area contributed by atoms with Gasteiger partial charge in [0.1, 0.15) is 5.69 Å². The molecule has 0 heterocycles. The van der Waals surface area contributed by atoms with E-state index in [1.807, 2.05) is 0 Å². The minimum absolute atomic E-state index is 0.0674. The number of nitro groups is 1. The number of carbonyl (C=O) groups excluding carboxylic acids is 2. The molecule has 0 aliphatic carbocycles. The number of benzene rings is 3. The zero-order chi connectivity index (χ0) is 24.7. The Morgan fingerprint density at radius 1 is 0.765 bits per heavy atom. The summed E-state index contributed by atoms with van der Waals surface area (Å²) in [6, 6.07) is 14.6. The van der Waals surface area contributed by atoms with Crippen LogP contribution in [0.4, 0.5) is 27.5 Å². The molecule has 0 unspecified atom stereocenters. The van der Waals surface area contributed by atoms with Crippen LogP contribution in [-0.4, -0.2) is 38.2 Å². The highest BCUT2D eigenvalue weighted by Gasteiger charge is 2.21. The van der Waals surface area contributed by atoms with Crippen molar-refractivity contribution < 1.29 is 28.7 Å². The van der Waals surface area contributed by atoms with Crippen molar-refractivity contribution in [2.24, 2.45) is 0 Å². The molecular weight excluding hydrogens is 444 g/mol. The van der Waals surface area contributed by atoms with Gasteiger partial charge in [-0.15, -0.1) is 0 Å². The highest BCUT2D eigenvalue weighted by atomic mass is 16.6. The molecule has 0 aliphatic rings. The first-order valence-electron chi connectivity index (χ1n) is 9.89. The topological polar surface area (TPSA) is 141 Å². The molecule has 3 N–H and O–H groups in total. The van der Waals surface area contributed by atoms with Crippen LogP contribution in [0.25, 0.3) is 0 Å². The number of hydrogen-bond acceptors (Lipinski definition) is 7. The lowest BCUT2D eigenvalue weighted by atomic mass is 10.1. The van der Waals surface area contributed by atoms with Gasteiger partial charge in [-0.2, -0.15) is 0 Å². The van der Waals surface area contributed by atoms with Crippen molar-refractivity contribution in [1.82, 2.24) is 0 Å². The van der Waals surface area contributed by atoms with Gasteiger partial charge in [-0.1, -0.05) is 12.1 Å². The molecule has 3 aromatic carbocycles. The summed E-state index contributed by atoms with van der Waals surface area (Å²) in [5.74, 6) is 0.504. The van der Waals surface area contributed by atoms with Crippen LogP contribution >= 0.6 is 0 Å². The number of rotatable bonds is 8. The lowest BCUT2D eigenvalue weighted by Crippen LogP contribution is -2.20. The number of anilines is 3. The van der Waals surface area contributed by atoms with E-state index in [2.05, 4.69) is 16.0 Å². The minimum atomic E-state index is -0.652. The summed E-state index contributed by atoms with van der Waals surface area (Å²) in [6.45, 7) is 0. The molecular formula is C23H22N4O7. The van der Waals surface area contributed by atoms with Crippen molar-refractivity contribution in [3.8, 4) is 17.2 Å². The number of nitrogens with zero attached hydrogens (tertiary/aromatic N) is 1. The van der Waals surface area contributed by atoms with Crippen molar-refractivity contribution >= 4 is 34.7 Å². The number of nitrogens with one attached hydrogen (secondary N) is 3. The molecule has 11 heteroatoms. The fourth-order valence-corrected chi connectivity index (χ4v) is 3.14. The van der Waals surface area contributed by atoms with Gasteiger partial charge in [-0.05, 0) is 42.5 Å². The molecule has 0 aliphatic heterocycles. The van der Waals surface area contributed by atoms with Crippen LogP contribution in [0.15, 0.2) is 60.7 Å². The summed E-state index contributed by atoms with van der Waals surface area (Å²) >= 11 is 0. The van der Waals surface area contributed by atoms with Crippen LogP contribution in [0.1, 0.15) is 10.4 Å². The lowest BCUT2D eigenvalue weighted by Gasteiger charge is -2.15. The molecule has 3 aromatic rings. The Hall–Kier alpha value is -4.80. The molecule has 0 radical (unpaired) electrons. The van der Waals surface area contributed by atoms with Crippen LogP contribution in [0, 0.1) is 10.1 Å². The third kappa shape index (κ3) is 5.33. The number of methoxy groups -OCH3 is 3. The molecule has 0 saturated heterocycles. The molecule has 34 heavy (non-hydrogen) atoms. The average molecular weight is 466 g/mol. The normalized spacial score (nSPS) is 10.1. The molecule has 0 spiro atoms. The smallest absolute Gasteiger partial charge is 0.323 e. The summed E-state index contributed by atoms with van der Waals surface area (Å²) in [4.78, 5) is 35.5. The quantitative estimate of drug-likeness (QED) is 0.327. The van der Waals surface area contributed by atoms with Crippen molar-refractivity contribution in [2.75, 3.05) is 37.3 Å². The largest absolute Gasteiger partial charge is 0.493 e. The number of para-hydroxylation sites is 2. The van der Waals surface area contributed by atoms with Crippen molar-refractivity contribution in [1.29, 1.82) is 0 Å². The fourth-order valence-electron chi connectivity index (χ4n) is 3.14. The zero-order valence-corrected chi connectivity index (χ0v) is 18.6. The number of urea groups is 1. The highest BCUT2D eigenvalue weighted by Crippen LogP contribution is 2.40. The molecule has 3 rings (SSSR count). The number of ether oxygens (including phenoxy) is 3. The third-order valence-electron chi connectivity index (χ3n) is 4.70. The van der Waals surface area contributed by atoms with E-state index < -0.39 is 16.9 Å². The monoisotopic (exact) mass is 466 g/mol. The van der Waals surface area contributed by atoms with E-state index in [1.54, 1.807) is 42.5 Å². The molecule has 0 saturated carbocycles. The van der Waals surface area contributed by atoms with Gasteiger partial charge in [0.15, 0.2) is 11.5 Å². The summed E-state index contributed by atoms with van der Waals surface area (Å²) in [5, 5.41) is 18.8. The summed E-state index contributed by atoms with van der Waals surface area (Å²) in [7, 11) is 4.34. The van der Waals surface area contributed by atoms with Gasteiger partial charge in [0.25, 0.3) is 11.6 Å². The molecule has 0 bridgehead atoms. The second-order valence-corrected chi connectivity index (χ2v) is 6.77. The predicted molar refractivity (Wildman–Crippen MR) is 126 cm³/mol. The first-order chi connectivity index (χ1) is 16.4. The summed E-state index contributed by atoms with van der Waals surface area (Å²) < 4.78 is 15.9. The van der Waals surface area contributed by atoms with Gasteiger partial charge in [-0.25, -0.2) is 4.79 Å². The number of nitro benzene ring substituents is 1. The maximum Gasteiger partial charge on any atom is 0.323 e. The summed E-state index contributed by atoms with van der Waals surface area (Å²) in [6.07, 6.45) is 0. The first kappa shape index (κ1) is 23.9. The molecule has 3 amide bonds. The van der Waals surface area contributed by atoms with Gasteiger partial charge >= 0.3 is 6.03 Å². The van der Waals surface area contributed by atoms with Crippen LogP contribution in [-0.2, 0) is 0 Å². The van der Waals surface area contributed by atoms with E-state index in [0.29, 0.717) is 22.9 Å². The van der Waals surface area contributed by atoms with Gasteiger partial charge in [0, 0.05) is 17.4 Å². The van der Waals surface area contributed by atoms with Crippen LogP contribution in [0.5, 0.6) is 17.2 Å². The second kappa shape index (κ2) is 10.7. The Labute approximate surface area is 194 Å². The van der Waals surface area contributed by atoms with Crippen molar-refractivity contribution in [3.63, 3.8) is 0 Å². The van der Waals surface area contributed by atoms with Crippen molar-refractivity contribution in [2.45, 2.75) is 0 Å². The molecule has 11 nitrogen and oxygen atoms in total. The second-order valence-electron chi connectivity index (χ2n) is 6.77. The Bertz CT molecular complexity index is 1210. The fraction of sp³-hybridized carbons (Fsp3) is 0.130. The number of amides is 3. The van der Waals surface area contributed by atoms with E-state index in [0.717, 1.165) is 0 Å². The lowest BCUT2D eigenvalue weighted by molar-refractivity contribution is -0.383. The predicted octanol–water partition coefficient (Wildman–Crippen LogP) is 4.52. The standard InChI is InChI=1S/C23H22N4O7/c1-32-19-13-12-16(20(33-2)21(19)34-3)22(28)24-14-8-10-15(11-9-14)25-23(29)26-17-6-4-5-7-18(17)27(30)31/h4-13H,1-3H3,(H,24,28)(H2,25,26,29). The van der Waals surface area contributed by atoms with Crippen molar-refractivity contribution in [3.05, 3.63) is 76.3 Å². The minimum Gasteiger partial charge on any atom is -0.493 e. The molecule has 0 aromatic heterocycles. The SMILES string of the molecule is COc1ccc(C(=O)Nc2ccc(NC(=O)Nc3ccccc3[N+](=O)[O-])cc2)c(OC)c1OC. The number of hydrogen-bond donors (Lipinski definition) is 3. The Balaban J connectivity index is 1.68. The van der Waals surface area contributed by atoms with E-state index in [1.165, 1.54) is 39.5 Å². The number of carbonyl (C=O) groups is 2. The van der Waals surface area contributed by atoms with E-state index in [-0.39, 0.29) is 22.7 Å². The van der Waals surface area contributed by atoms with Gasteiger partial charge < -0.3 is 30.2 Å². The molecule has 0 fully saturated rings. The Morgan fingerprint density at radius 3 is 1.97 bits per heavy atom. The van der Waals surface area contributed by atoms with Crippen LogP contribution < -0.4 is 30.2 Å². The molecule has 0 atom stereocenters. The van der Waals surface area contributed by atoms with Gasteiger partial charge in [0.05, 0.1) is 31.8 Å². The third-order valence-corrected chi connectivity index (χ3v) is 4.70. The first-order valence-corrected chi connectivity index (χ1v) is 9.89. The van der Waals surface area contributed by atoms with Crippen LogP contribution in [0.3, 0.4) is 0 Å². The zero-order valence-electron chi connectivity index (χ0n) is 18.6. The Kier molecular flexibility index (Phi) is 7.49. The van der Waals surface area contributed by atoms with E-state index >= 15 is 0 Å². The highest BCUT2D eigenvalue weighted by molar-refractivity contribution is 6.07. The van der Waals surface area contributed by atoms with E-state index in [4.69, 9.17) is 14.2 Å². The summed E-state index contributed by atoms with van der Waals surface area (Å²) in [5.41, 5.74) is 0.967. The maximum atomic E-state index is 12.8. The molecule has 176 valence electrons. The van der Waals surface area contributed by atoms with Gasteiger partial charge in [0.2, 0.25) is 5.75 Å². The van der Waals surface area contributed by atoms with Gasteiger partial charge in [-0.3, -0.25) is 14.9 Å².